The smallest absolute Gasteiger partial charge is 0.248 e. The van der Waals surface area contributed by atoms with Crippen molar-refractivity contribution in [3.05, 3.63) is 0 Å². The molecule has 0 saturated carbocycles. The van der Waals surface area contributed by atoms with Crippen molar-refractivity contribution in [1.82, 2.24) is 19.6 Å². The van der Waals surface area contributed by atoms with Gasteiger partial charge < -0.3 is 19.3 Å². The van der Waals surface area contributed by atoms with Gasteiger partial charge in [0.15, 0.2) is 10.2 Å². The second-order valence-corrected chi connectivity index (χ2v) is 12.0. The van der Waals surface area contributed by atoms with Crippen LogP contribution < -0.4 is 0 Å². The van der Waals surface area contributed by atoms with E-state index in [-0.39, 0.29) is 22.6 Å². The molecule has 0 bridgehead atoms. The van der Waals surface area contributed by atoms with E-state index in [1.165, 1.54) is 0 Å². The van der Waals surface area contributed by atoms with Crippen molar-refractivity contribution in [2.75, 3.05) is 65.7 Å². The van der Waals surface area contributed by atoms with Gasteiger partial charge in [0.05, 0.1) is 26.3 Å². The average Bonchev–Trinajstić information content (AvgIpc) is 3.25. The predicted octanol–water partition coefficient (Wildman–Crippen LogP) is 3.53. The highest BCUT2D eigenvalue weighted by Gasteiger charge is 2.33. The first-order valence-corrected chi connectivity index (χ1v) is 14.1. The summed E-state index contributed by atoms with van der Waals surface area (Å²) in [6.45, 7) is 19.0. The summed E-state index contributed by atoms with van der Waals surface area (Å²) < 4.78 is 11.6. The Kier molecular flexibility index (Phi) is 12.0. The highest BCUT2D eigenvalue weighted by Crippen LogP contribution is 2.27. The third kappa shape index (κ3) is 9.19. The summed E-state index contributed by atoms with van der Waals surface area (Å²) in [6, 6.07) is 0. The summed E-state index contributed by atoms with van der Waals surface area (Å²) in [7, 11) is 0. The van der Waals surface area contributed by atoms with Crippen LogP contribution in [-0.4, -0.2) is 107 Å². The highest BCUT2D eigenvalue weighted by atomic mass is 32.1. The molecule has 206 valence electrons. The third-order valence-electron chi connectivity index (χ3n) is 7.26. The van der Waals surface area contributed by atoms with Crippen LogP contribution in [0.15, 0.2) is 0 Å². The maximum atomic E-state index is 12.2. The van der Waals surface area contributed by atoms with Crippen molar-refractivity contribution in [2.24, 2.45) is 10.8 Å². The Morgan fingerprint density at radius 1 is 0.667 bits per heavy atom. The van der Waals surface area contributed by atoms with Crippen LogP contribution in [0, 0.1) is 10.8 Å². The van der Waals surface area contributed by atoms with E-state index in [9.17, 15) is 9.59 Å². The lowest BCUT2D eigenvalue weighted by Crippen LogP contribution is -2.35. The van der Waals surface area contributed by atoms with E-state index in [0.29, 0.717) is 62.8 Å². The minimum Gasteiger partial charge on any atom is -0.379 e. The topological polar surface area (TPSA) is 65.6 Å². The fourth-order valence-electron chi connectivity index (χ4n) is 4.22. The Morgan fingerprint density at radius 3 is 1.33 bits per heavy atom. The zero-order chi connectivity index (χ0) is 26.9. The van der Waals surface area contributed by atoms with Crippen molar-refractivity contribution in [3.63, 3.8) is 0 Å². The van der Waals surface area contributed by atoms with Crippen LogP contribution in [0.25, 0.3) is 0 Å². The molecule has 0 aromatic carbocycles. The number of hydrogen-bond acceptors (Lipinski definition) is 6. The number of rotatable bonds is 17. The third-order valence-corrected chi connectivity index (χ3v) is 8.22. The molecule has 2 fully saturated rings. The van der Waals surface area contributed by atoms with Gasteiger partial charge in [-0.2, -0.15) is 0 Å². The summed E-state index contributed by atoms with van der Waals surface area (Å²) >= 11 is 10.9. The number of carbonyl (C=O) groups excluding carboxylic acids is 2. The molecule has 0 aromatic heterocycles. The molecule has 0 N–H and O–H groups in total. The lowest BCUT2D eigenvalue weighted by Gasteiger charge is -2.28. The Bertz CT molecular complexity index is 726. The van der Waals surface area contributed by atoms with Gasteiger partial charge in [0.2, 0.25) is 11.8 Å². The maximum absolute atomic E-state index is 12.2. The SMILES string of the molecule is CCN1CC(=O)N(CCC(C)(C)CCOCCOCCC(C)(C)CCN2C(=O)CN(CC)C2=S)C1=S. The monoisotopic (exact) mass is 542 g/mol. The van der Waals surface area contributed by atoms with Crippen LogP contribution in [0.3, 0.4) is 0 Å². The Morgan fingerprint density at radius 2 is 1.03 bits per heavy atom. The fourth-order valence-corrected chi connectivity index (χ4v) is 4.99. The van der Waals surface area contributed by atoms with Crippen LogP contribution in [0.2, 0.25) is 0 Å². The zero-order valence-corrected chi connectivity index (χ0v) is 24.8. The second kappa shape index (κ2) is 14.0. The molecular weight excluding hydrogens is 496 g/mol. The Labute approximate surface area is 228 Å². The lowest BCUT2D eigenvalue weighted by molar-refractivity contribution is -0.126. The molecule has 10 heteroatoms. The molecular formula is C26H46N4O4S2. The van der Waals surface area contributed by atoms with Gasteiger partial charge >= 0.3 is 0 Å². The fraction of sp³-hybridized carbons (Fsp3) is 0.846. The molecule has 2 saturated heterocycles. The van der Waals surface area contributed by atoms with Gasteiger partial charge in [-0.25, -0.2) is 0 Å². The van der Waals surface area contributed by atoms with Crippen LogP contribution in [-0.2, 0) is 19.1 Å². The molecule has 2 heterocycles. The number of ether oxygens (including phenoxy) is 2. The van der Waals surface area contributed by atoms with Crippen molar-refractivity contribution in [1.29, 1.82) is 0 Å². The number of carbonyl (C=O) groups is 2. The predicted molar refractivity (Wildman–Crippen MR) is 151 cm³/mol. The normalized spacial score (nSPS) is 17.4. The molecule has 2 aliphatic heterocycles. The first kappa shape index (κ1) is 30.9. The van der Waals surface area contributed by atoms with Crippen molar-refractivity contribution in [2.45, 2.75) is 67.2 Å². The number of amides is 2. The van der Waals surface area contributed by atoms with Gasteiger partial charge in [-0.15, -0.1) is 0 Å². The minimum absolute atomic E-state index is 0.0631. The van der Waals surface area contributed by atoms with Crippen LogP contribution in [0.1, 0.15) is 67.2 Å². The van der Waals surface area contributed by atoms with Gasteiger partial charge in [0, 0.05) is 39.4 Å². The highest BCUT2D eigenvalue weighted by molar-refractivity contribution is 7.80. The summed E-state index contributed by atoms with van der Waals surface area (Å²) in [5.41, 5.74) is 0.126. The molecule has 36 heavy (non-hydrogen) atoms. The number of thiocarbonyl (C=S) groups is 2. The number of likely N-dealkylation sites (N-methyl/N-ethyl adjacent to an activating group) is 2. The molecule has 0 aromatic rings. The van der Waals surface area contributed by atoms with E-state index in [4.69, 9.17) is 33.9 Å². The molecule has 0 unspecified atom stereocenters. The largest absolute Gasteiger partial charge is 0.379 e. The first-order valence-electron chi connectivity index (χ1n) is 13.2. The van der Waals surface area contributed by atoms with Gasteiger partial charge in [-0.3, -0.25) is 19.4 Å². The molecule has 8 nitrogen and oxygen atoms in total. The van der Waals surface area contributed by atoms with Gasteiger partial charge in [-0.05, 0) is 74.8 Å². The molecule has 2 rings (SSSR count). The summed E-state index contributed by atoms with van der Waals surface area (Å²) in [6.07, 6.45) is 3.60. The van der Waals surface area contributed by atoms with Crippen LogP contribution in [0.4, 0.5) is 0 Å². The number of nitrogens with zero attached hydrogens (tertiary/aromatic N) is 4. The quantitative estimate of drug-likeness (QED) is 0.204. The Hall–Kier alpha value is -1.36. The first-order chi connectivity index (χ1) is 16.9. The lowest BCUT2D eigenvalue weighted by atomic mass is 9.86. The summed E-state index contributed by atoms with van der Waals surface area (Å²) in [5, 5.41) is 1.32. The molecule has 0 atom stereocenters. The van der Waals surface area contributed by atoms with E-state index >= 15 is 0 Å². The van der Waals surface area contributed by atoms with Crippen LogP contribution in [0.5, 0.6) is 0 Å². The van der Waals surface area contributed by atoms with Crippen LogP contribution >= 0.6 is 24.4 Å². The molecule has 0 radical (unpaired) electrons. The Balaban J connectivity index is 1.54. The molecule has 2 amide bonds. The molecule has 2 aliphatic rings. The van der Waals surface area contributed by atoms with Gasteiger partial charge in [-0.1, -0.05) is 27.7 Å². The summed E-state index contributed by atoms with van der Waals surface area (Å²) in [4.78, 5) is 31.8. The molecule has 0 spiro atoms. The van der Waals surface area contributed by atoms with Crippen molar-refractivity contribution >= 4 is 46.5 Å². The van der Waals surface area contributed by atoms with E-state index in [1.807, 2.05) is 23.6 Å². The maximum Gasteiger partial charge on any atom is 0.248 e. The van der Waals surface area contributed by atoms with E-state index in [1.54, 1.807) is 9.80 Å². The summed E-state index contributed by atoms with van der Waals surface area (Å²) in [5.74, 6) is 0.204. The minimum atomic E-state index is 0.0631. The van der Waals surface area contributed by atoms with Gasteiger partial charge in [0.25, 0.3) is 0 Å². The van der Waals surface area contributed by atoms with E-state index < -0.39 is 0 Å². The van der Waals surface area contributed by atoms with E-state index in [0.717, 1.165) is 38.8 Å². The average molecular weight is 543 g/mol. The second-order valence-electron chi connectivity index (χ2n) is 11.2. The van der Waals surface area contributed by atoms with Gasteiger partial charge in [0.1, 0.15) is 0 Å². The standard InChI is InChI=1S/C26H46N4O4S2/c1-7-27-19-21(31)29(23(27)35)13-9-25(3,4)11-15-33-17-18-34-16-12-26(5,6)10-14-30-22(32)20-28(8-2)24(30)36/h7-20H2,1-6H3. The zero-order valence-electron chi connectivity index (χ0n) is 23.1. The van der Waals surface area contributed by atoms with Crippen molar-refractivity contribution in [3.8, 4) is 0 Å². The molecule has 0 aliphatic carbocycles. The number of hydrogen-bond donors (Lipinski definition) is 0. The van der Waals surface area contributed by atoms with Crippen molar-refractivity contribution < 1.29 is 19.1 Å². The van der Waals surface area contributed by atoms with E-state index in [2.05, 4.69) is 27.7 Å².